The molecule has 6 nitrogen and oxygen atoms in total. The maximum Gasteiger partial charge on any atom is 0.261 e. The molecule has 154 valence electrons. The number of nitrogens with zero attached hydrogens (tertiary/aromatic N) is 1. The van der Waals surface area contributed by atoms with Crippen molar-refractivity contribution in [1.82, 2.24) is 0 Å². The first-order valence-corrected chi connectivity index (χ1v) is 11.7. The SMILES string of the molecule is CCCOc1ccc(S(=O)(=O)Nc2ccc3c(c2)N(C(=O)C2CC2)CCC3)cc1. The highest BCUT2D eigenvalue weighted by atomic mass is 32.2. The van der Waals surface area contributed by atoms with Crippen LogP contribution in [0.2, 0.25) is 0 Å². The first kappa shape index (κ1) is 19.8. The Morgan fingerprint density at radius 1 is 1.17 bits per heavy atom. The Labute approximate surface area is 171 Å². The average molecular weight is 415 g/mol. The topological polar surface area (TPSA) is 75.7 Å². The van der Waals surface area contributed by atoms with Gasteiger partial charge in [-0.05, 0) is 74.1 Å². The summed E-state index contributed by atoms with van der Waals surface area (Å²) in [6.45, 7) is 3.30. The van der Waals surface area contributed by atoms with Gasteiger partial charge in [-0.1, -0.05) is 13.0 Å². The molecule has 4 rings (SSSR count). The fourth-order valence-corrected chi connectivity index (χ4v) is 4.62. The van der Waals surface area contributed by atoms with Crippen molar-refractivity contribution in [3.63, 3.8) is 0 Å². The van der Waals surface area contributed by atoms with Gasteiger partial charge in [0.2, 0.25) is 5.91 Å². The van der Waals surface area contributed by atoms with Crippen molar-refractivity contribution in [1.29, 1.82) is 0 Å². The van der Waals surface area contributed by atoms with Crippen molar-refractivity contribution >= 4 is 27.3 Å². The van der Waals surface area contributed by atoms with Gasteiger partial charge in [-0.2, -0.15) is 0 Å². The fraction of sp³-hybridized carbons (Fsp3) is 0.409. The molecule has 2 aliphatic rings. The van der Waals surface area contributed by atoms with Gasteiger partial charge >= 0.3 is 0 Å². The largest absolute Gasteiger partial charge is 0.494 e. The van der Waals surface area contributed by atoms with Crippen molar-refractivity contribution in [3.05, 3.63) is 48.0 Å². The van der Waals surface area contributed by atoms with E-state index in [0.717, 1.165) is 43.4 Å². The van der Waals surface area contributed by atoms with Crippen molar-refractivity contribution in [2.75, 3.05) is 22.8 Å². The Hall–Kier alpha value is -2.54. The number of amides is 1. The predicted octanol–water partition coefficient (Wildman–Crippen LogP) is 3.97. The first-order chi connectivity index (χ1) is 14.0. The number of aryl methyl sites for hydroxylation is 1. The van der Waals surface area contributed by atoms with Gasteiger partial charge in [0.25, 0.3) is 10.0 Å². The van der Waals surface area contributed by atoms with Crippen LogP contribution in [0.3, 0.4) is 0 Å². The fourth-order valence-electron chi connectivity index (χ4n) is 3.57. The number of ether oxygens (including phenoxy) is 1. The lowest BCUT2D eigenvalue weighted by Gasteiger charge is -2.30. The third-order valence-electron chi connectivity index (χ3n) is 5.26. The molecular formula is C22H26N2O4S. The molecule has 1 saturated carbocycles. The number of sulfonamides is 1. The summed E-state index contributed by atoms with van der Waals surface area (Å²) in [5, 5.41) is 0. The second-order valence-corrected chi connectivity index (χ2v) is 9.32. The number of benzene rings is 2. The van der Waals surface area contributed by atoms with Gasteiger partial charge in [0, 0.05) is 18.2 Å². The Balaban J connectivity index is 1.54. The van der Waals surface area contributed by atoms with E-state index < -0.39 is 10.0 Å². The van der Waals surface area contributed by atoms with Crippen LogP contribution in [-0.4, -0.2) is 27.5 Å². The van der Waals surface area contributed by atoms with E-state index in [-0.39, 0.29) is 16.7 Å². The maximum atomic E-state index is 12.8. The standard InChI is InChI=1S/C22H26N2O4S/c1-2-14-28-19-9-11-20(12-10-19)29(26,27)23-18-8-7-16-4-3-13-24(21(16)15-18)22(25)17-5-6-17/h7-12,15,17,23H,2-6,13-14H2,1H3. The lowest BCUT2D eigenvalue weighted by atomic mass is 10.0. The third-order valence-corrected chi connectivity index (χ3v) is 6.65. The van der Waals surface area contributed by atoms with E-state index in [1.165, 1.54) is 12.1 Å². The van der Waals surface area contributed by atoms with Crippen molar-refractivity contribution in [2.24, 2.45) is 5.92 Å². The van der Waals surface area contributed by atoms with Crippen LogP contribution >= 0.6 is 0 Å². The highest BCUT2D eigenvalue weighted by Gasteiger charge is 2.35. The lowest BCUT2D eigenvalue weighted by molar-refractivity contribution is -0.119. The smallest absolute Gasteiger partial charge is 0.261 e. The summed E-state index contributed by atoms with van der Waals surface area (Å²) in [6, 6.07) is 11.9. The molecule has 29 heavy (non-hydrogen) atoms. The lowest BCUT2D eigenvalue weighted by Crippen LogP contribution is -2.36. The molecule has 1 fully saturated rings. The van der Waals surface area contributed by atoms with Gasteiger partial charge in [0.15, 0.2) is 0 Å². The summed E-state index contributed by atoms with van der Waals surface area (Å²) in [7, 11) is -3.73. The van der Waals surface area contributed by atoms with Gasteiger partial charge in [-0.15, -0.1) is 0 Å². The van der Waals surface area contributed by atoms with E-state index in [1.54, 1.807) is 24.3 Å². The Morgan fingerprint density at radius 2 is 1.93 bits per heavy atom. The van der Waals surface area contributed by atoms with Gasteiger partial charge in [-0.25, -0.2) is 8.42 Å². The van der Waals surface area contributed by atoms with Crippen molar-refractivity contribution < 1.29 is 17.9 Å². The molecule has 1 N–H and O–H groups in total. The van der Waals surface area contributed by atoms with Crippen LogP contribution in [0.4, 0.5) is 11.4 Å². The number of nitrogens with one attached hydrogen (secondary N) is 1. The molecule has 1 aliphatic carbocycles. The highest BCUT2D eigenvalue weighted by molar-refractivity contribution is 7.92. The van der Waals surface area contributed by atoms with Crippen LogP contribution in [0.15, 0.2) is 47.4 Å². The molecular weight excluding hydrogens is 388 g/mol. The molecule has 2 aromatic carbocycles. The van der Waals surface area contributed by atoms with Crippen LogP contribution in [0, 0.1) is 5.92 Å². The van der Waals surface area contributed by atoms with Crippen LogP contribution < -0.4 is 14.4 Å². The van der Waals surface area contributed by atoms with Gasteiger partial charge in [-0.3, -0.25) is 9.52 Å². The van der Waals surface area contributed by atoms with Crippen LogP contribution in [0.25, 0.3) is 0 Å². The molecule has 2 aromatic rings. The number of rotatable bonds is 7. The zero-order valence-electron chi connectivity index (χ0n) is 16.6. The quantitative estimate of drug-likeness (QED) is 0.744. The zero-order chi connectivity index (χ0) is 20.4. The van der Waals surface area contributed by atoms with Gasteiger partial charge in [0.05, 0.1) is 17.2 Å². The summed E-state index contributed by atoms with van der Waals surface area (Å²) >= 11 is 0. The van der Waals surface area contributed by atoms with E-state index >= 15 is 0 Å². The van der Waals surface area contributed by atoms with Crippen molar-refractivity contribution in [3.8, 4) is 5.75 Å². The average Bonchev–Trinajstić information content (AvgIpc) is 3.57. The monoisotopic (exact) mass is 414 g/mol. The van der Waals surface area contributed by atoms with Gasteiger partial charge in [0.1, 0.15) is 5.75 Å². The molecule has 0 bridgehead atoms. The number of anilines is 2. The summed E-state index contributed by atoms with van der Waals surface area (Å²) < 4.78 is 33.7. The molecule has 0 atom stereocenters. The summed E-state index contributed by atoms with van der Waals surface area (Å²) in [4.78, 5) is 14.6. The Bertz CT molecular complexity index is 998. The van der Waals surface area contributed by atoms with Crippen molar-refractivity contribution in [2.45, 2.75) is 43.9 Å². The number of hydrogen-bond acceptors (Lipinski definition) is 4. The predicted molar refractivity (Wildman–Crippen MR) is 113 cm³/mol. The van der Waals surface area contributed by atoms with Crippen LogP contribution in [-0.2, 0) is 21.2 Å². The van der Waals surface area contributed by atoms with E-state index in [0.29, 0.717) is 24.6 Å². The number of fused-ring (bicyclic) bond motifs is 1. The number of carbonyl (C=O) groups is 1. The minimum Gasteiger partial charge on any atom is -0.494 e. The molecule has 7 heteroatoms. The number of carbonyl (C=O) groups excluding carboxylic acids is 1. The Kier molecular flexibility index (Phi) is 5.50. The molecule has 1 aliphatic heterocycles. The van der Waals surface area contributed by atoms with Gasteiger partial charge < -0.3 is 9.64 Å². The van der Waals surface area contributed by atoms with E-state index in [1.807, 2.05) is 17.9 Å². The summed E-state index contributed by atoms with van der Waals surface area (Å²) in [5.41, 5.74) is 2.38. The molecule has 0 radical (unpaired) electrons. The molecule has 0 saturated heterocycles. The van der Waals surface area contributed by atoms with E-state index in [9.17, 15) is 13.2 Å². The molecule has 0 spiro atoms. The van der Waals surface area contributed by atoms with E-state index in [4.69, 9.17) is 4.74 Å². The molecule has 0 unspecified atom stereocenters. The summed E-state index contributed by atoms with van der Waals surface area (Å²) in [6.07, 6.45) is 4.63. The molecule has 1 amide bonds. The van der Waals surface area contributed by atoms with Crippen LogP contribution in [0.5, 0.6) is 5.75 Å². The highest BCUT2D eigenvalue weighted by Crippen LogP contribution is 2.37. The molecule has 0 aromatic heterocycles. The Morgan fingerprint density at radius 3 is 2.62 bits per heavy atom. The normalized spacial score (nSPS) is 16.2. The molecule has 1 heterocycles. The minimum absolute atomic E-state index is 0.134. The second kappa shape index (κ2) is 8.06. The maximum absolute atomic E-state index is 12.8. The number of hydrogen-bond donors (Lipinski definition) is 1. The zero-order valence-corrected chi connectivity index (χ0v) is 17.4. The van der Waals surface area contributed by atoms with E-state index in [2.05, 4.69) is 4.72 Å². The second-order valence-electron chi connectivity index (χ2n) is 7.64. The first-order valence-electron chi connectivity index (χ1n) is 10.2. The minimum atomic E-state index is -3.73. The third kappa shape index (κ3) is 4.40. The van der Waals surface area contributed by atoms with Crippen LogP contribution in [0.1, 0.15) is 38.2 Å². The summed E-state index contributed by atoms with van der Waals surface area (Å²) in [5.74, 6) is 0.942.